The van der Waals surface area contributed by atoms with Crippen LogP contribution in [0.2, 0.25) is 0 Å². The molecular formula is C25H30O6. The maximum Gasteiger partial charge on any atom is 0.503 e. The molecule has 2 bridgehead atoms. The molecule has 0 radical (unpaired) electrons. The van der Waals surface area contributed by atoms with Crippen LogP contribution in [0, 0.1) is 11.3 Å². The molecule has 2 aromatic carbocycles. The molecule has 4 aliphatic rings. The molecule has 0 spiro atoms. The molecule has 6 heteroatoms. The fraction of sp³-hybridized carbons (Fsp3) is 0.480. The van der Waals surface area contributed by atoms with Crippen molar-refractivity contribution in [2.45, 2.75) is 57.0 Å². The standard InChI is InChI=1S/C24H28O3.CH2O3/c25-20-4-2-6-22(16-20)27-21-5-1-3-19(15-21)24-13-11-23(12-14-24,17-26-24)10-9-18-7-8-18;2-1(3)4/h1-6,15-16,18,25H,7-14,17H2;(H2,2,3,4). The van der Waals surface area contributed by atoms with Gasteiger partial charge in [0.05, 0.1) is 12.2 Å². The van der Waals surface area contributed by atoms with Crippen molar-refractivity contribution >= 4 is 6.16 Å². The van der Waals surface area contributed by atoms with Gasteiger partial charge in [0.15, 0.2) is 0 Å². The highest BCUT2D eigenvalue weighted by molar-refractivity contribution is 5.53. The quantitative estimate of drug-likeness (QED) is 0.496. The summed E-state index contributed by atoms with van der Waals surface area (Å²) in [5.41, 5.74) is 1.54. The number of carboxylic acid groups (broad SMARTS) is 2. The third-order valence-corrected chi connectivity index (χ3v) is 6.97. The predicted molar refractivity (Wildman–Crippen MR) is 116 cm³/mol. The minimum absolute atomic E-state index is 0.139. The summed E-state index contributed by atoms with van der Waals surface area (Å²) in [5, 5.41) is 23.6. The summed E-state index contributed by atoms with van der Waals surface area (Å²) < 4.78 is 12.5. The van der Waals surface area contributed by atoms with Crippen LogP contribution in [0.5, 0.6) is 17.2 Å². The van der Waals surface area contributed by atoms with E-state index in [0.29, 0.717) is 11.2 Å². The molecule has 4 fully saturated rings. The highest BCUT2D eigenvalue weighted by atomic mass is 16.6. The van der Waals surface area contributed by atoms with Crippen LogP contribution in [-0.2, 0) is 10.3 Å². The largest absolute Gasteiger partial charge is 0.508 e. The van der Waals surface area contributed by atoms with Crippen molar-refractivity contribution < 1.29 is 29.6 Å². The lowest BCUT2D eigenvalue weighted by molar-refractivity contribution is -0.192. The van der Waals surface area contributed by atoms with Crippen molar-refractivity contribution in [2.75, 3.05) is 6.61 Å². The maximum absolute atomic E-state index is 9.64. The van der Waals surface area contributed by atoms with Crippen molar-refractivity contribution in [1.29, 1.82) is 0 Å². The van der Waals surface area contributed by atoms with Crippen LogP contribution in [0.4, 0.5) is 4.79 Å². The van der Waals surface area contributed by atoms with Gasteiger partial charge < -0.3 is 24.8 Å². The fourth-order valence-corrected chi connectivity index (χ4v) is 4.90. The van der Waals surface area contributed by atoms with Gasteiger partial charge in [0.2, 0.25) is 0 Å². The van der Waals surface area contributed by atoms with E-state index in [9.17, 15) is 5.11 Å². The molecule has 2 aliphatic carbocycles. The van der Waals surface area contributed by atoms with Crippen LogP contribution in [-0.4, -0.2) is 28.1 Å². The average molecular weight is 427 g/mol. The van der Waals surface area contributed by atoms with Gasteiger partial charge in [-0.2, -0.15) is 0 Å². The maximum atomic E-state index is 9.64. The van der Waals surface area contributed by atoms with E-state index in [0.717, 1.165) is 31.1 Å². The monoisotopic (exact) mass is 426 g/mol. The summed E-state index contributed by atoms with van der Waals surface area (Å²) in [4.78, 5) is 8.56. The van der Waals surface area contributed by atoms with Crippen LogP contribution >= 0.6 is 0 Å². The molecule has 2 saturated carbocycles. The Morgan fingerprint density at radius 2 is 1.65 bits per heavy atom. The van der Waals surface area contributed by atoms with Crippen molar-refractivity contribution in [2.24, 2.45) is 11.3 Å². The van der Waals surface area contributed by atoms with Gasteiger partial charge in [-0.05, 0) is 79.7 Å². The first-order valence-corrected chi connectivity index (χ1v) is 11.0. The van der Waals surface area contributed by atoms with Crippen molar-refractivity contribution in [3.8, 4) is 17.2 Å². The topological polar surface area (TPSA) is 96.2 Å². The van der Waals surface area contributed by atoms with Gasteiger partial charge in [0, 0.05) is 6.07 Å². The van der Waals surface area contributed by atoms with Gasteiger partial charge in [0.1, 0.15) is 17.2 Å². The van der Waals surface area contributed by atoms with E-state index >= 15 is 0 Å². The second-order valence-electron chi connectivity index (χ2n) is 9.17. The minimum atomic E-state index is -1.83. The van der Waals surface area contributed by atoms with Crippen LogP contribution in [0.1, 0.15) is 56.9 Å². The van der Waals surface area contributed by atoms with Crippen LogP contribution in [0.3, 0.4) is 0 Å². The number of hydrogen-bond donors (Lipinski definition) is 3. The van der Waals surface area contributed by atoms with Gasteiger partial charge in [-0.25, -0.2) is 4.79 Å². The summed E-state index contributed by atoms with van der Waals surface area (Å²) in [6, 6.07) is 15.2. The number of ether oxygens (including phenoxy) is 2. The zero-order valence-corrected chi connectivity index (χ0v) is 17.6. The Labute approximate surface area is 182 Å². The Hall–Kier alpha value is -2.73. The summed E-state index contributed by atoms with van der Waals surface area (Å²) in [6.45, 7) is 0.914. The van der Waals surface area contributed by atoms with Gasteiger partial charge in [-0.15, -0.1) is 0 Å². The molecule has 31 heavy (non-hydrogen) atoms. The normalized spacial score (nSPS) is 26.6. The van der Waals surface area contributed by atoms with Crippen molar-refractivity contribution in [1.82, 2.24) is 0 Å². The Bertz CT molecular complexity index is 891. The van der Waals surface area contributed by atoms with E-state index in [1.165, 1.54) is 44.1 Å². The van der Waals surface area contributed by atoms with E-state index in [-0.39, 0.29) is 11.4 Å². The molecular weight excluding hydrogens is 396 g/mol. The van der Waals surface area contributed by atoms with E-state index in [2.05, 4.69) is 18.2 Å². The first kappa shape index (κ1) is 21.5. The van der Waals surface area contributed by atoms with Crippen LogP contribution < -0.4 is 4.74 Å². The highest BCUT2D eigenvalue weighted by Crippen LogP contribution is 2.56. The van der Waals surface area contributed by atoms with Crippen LogP contribution in [0.15, 0.2) is 48.5 Å². The Morgan fingerprint density at radius 3 is 2.23 bits per heavy atom. The summed E-state index contributed by atoms with van der Waals surface area (Å²) >= 11 is 0. The number of hydrogen-bond acceptors (Lipinski definition) is 4. The molecule has 2 aliphatic heterocycles. The second kappa shape index (κ2) is 8.79. The highest BCUT2D eigenvalue weighted by Gasteiger charge is 2.50. The molecule has 2 heterocycles. The Morgan fingerprint density at radius 1 is 1.00 bits per heavy atom. The zero-order chi connectivity index (χ0) is 21.9. The molecule has 0 atom stereocenters. The van der Waals surface area contributed by atoms with Gasteiger partial charge in [-0.1, -0.05) is 31.0 Å². The second-order valence-corrected chi connectivity index (χ2v) is 9.17. The molecule has 2 saturated heterocycles. The van der Waals surface area contributed by atoms with E-state index in [4.69, 9.17) is 24.5 Å². The van der Waals surface area contributed by atoms with E-state index in [1.54, 1.807) is 18.2 Å². The molecule has 6 nitrogen and oxygen atoms in total. The first-order valence-electron chi connectivity index (χ1n) is 11.0. The summed E-state index contributed by atoms with van der Waals surface area (Å²) in [5.74, 6) is 2.68. The van der Waals surface area contributed by atoms with Crippen molar-refractivity contribution in [3.63, 3.8) is 0 Å². The average Bonchev–Trinajstić information content (AvgIpc) is 3.58. The van der Waals surface area contributed by atoms with Crippen LogP contribution in [0.25, 0.3) is 0 Å². The molecule has 0 aromatic heterocycles. The lowest BCUT2D eigenvalue weighted by atomic mass is 9.62. The smallest absolute Gasteiger partial charge is 0.503 e. The third-order valence-electron chi connectivity index (χ3n) is 6.97. The molecule has 166 valence electrons. The summed E-state index contributed by atoms with van der Waals surface area (Å²) in [7, 11) is 0. The number of phenols is 1. The number of aromatic hydroxyl groups is 1. The first-order chi connectivity index (χ1) is 14.9. The molecule has 3 N–H and O–H groups in total. The molecule has 6 rings (SSSR count). The minimum Gasteiger partial charge on any atom is -0.508 e. The van der Waals surface area contributed by atoms with Crippen molar-refractivity contribution in [3.05, 3.63) is 54.1 Å². The van der Waals surface area contributed by atoms with Gasteiger partial charge in [-0.3, -0.25) is 0 Å². The number of rotatable bonds is 6. The Balaban J connectivity index is 0.000000535. The lowest BCUT2D eigenvalue weighted by Crippen LogP contribution is -2.49. The third kappa shape index (κ3) is 5.31. The SMILES string of the molecule is O=C(O)O.Oc1cccc(Oc2cccc(C34CCC(CCC5CC5)(CC3)CO4)c2)c1. The van der Waals surface area contributed by atoms with Gasteiger partial charge >= 0.3 is 6.16 Å². The number of phenolic OH excluding ortho intramolecular Hbond substituents is 1. The molecule has 2 aromatic rings. The summed E-state index contributed by atoms with van der Waals surface area (Å²) in [6.07, 6.45) is 8.65. The zero-order valence-electron chi connectivity index (χ0n) is 17.6. The lowest BCUT2D eigenvalue weighted by Gasteiger charge is -2.53. The molecule has 0 amide bonds. The number of carbonyl (C=O) groups is 1. The molecule has 0 unspecified atom stereocenters. The fourth-order valence-electron chi connectivity index (χ4n) is 4.90. The number of benzene rings is 2. The van der Waals surface area contributed by atoms with E-state index < -0.39 is 6.16 Å². The van der Waals surface area contributed by atoms with E-state index in [1.807, 2.05) is 12.1 Å². The van der Waals surface area contributed by atoms with Gasteiger partial charge in [0.25, 0.3) is 0 Å². The number of fused-ring (bicyclic) bond motifs is 3. The predicted octanol–water partition coefficient (Wildman–Crippen LogP) is 6.38. The Kier molecular flexibility index (Phi) is 6.10.